The van der Waals surface area contributed by atoms with Crippen LogP contribution < -0.4 is 14.8 Å². The molecule has 0 heterocycles. The lowest BCUT2D eigenvalue weighted by Gasteiger charge is -2.16. The van der Waals surface area contributed by atoms with Gasteiger partial charge in [0.2, 0.25) is 0 Å². The first-order valence-corrected chi connectivity index (χ1v) is 6.35. The molecule has 0 aliphatic carbocycles. The Morgan fingerprint density at radius 2 is 2.11 bits per heavy atom. The van der Waals surface area contributed by atoms with Gasteiger partial charge >= 0.3 is 0 Å². The summed E-state index contributed by atoms with van der Waals surface area (Å²) in [4.78, 5) is 0. The highest BCUT2D eigenvalue weighted by Gasteiger charge is 2.11. The van der Waals surface area contributed by atoms with Gasteiger partial charge in [0.1, 0.15) is 6.61 Å². The summed E-state index contributed by atoms with van der Waals surface area (Å²) in [6.45, 7) is 4.02. The monoisotopic (exact) mass is 269 g/mol. The molecule has 0 saturated carbocycles. The van der Waals surface area contributed by atoms with Crippen LogP contribution in [0.2, 0.25) is 0 Å². The van der Waals surface area contributed by atoms with Gasteiger partial charge in [-0.05, 0) is 13.0 Å². The molecule has 1 rings (SSSR count). The minimum absolute atomic E-state index is 0.242. The van der Waals surface area contributed by atoms with Crippen LogP contribution in [0.5, 0.6) is 11.5 Å². The maximum Gasteiger partial charge on any atom is 0.165 e. The highest BCUT2D eigenvalue weighted by Crippen LogP contribution is 2.31. The molecule has 1 unspecified atom stereocenters. The Morgan fingerprint density at radius 3 is 2.74 bits per heavy atom. The Hall–Kier alpha value is -1.30. The first-order chi connectivity index (χ1) is 9.19. The molecule has 1 aromatic rings. The zero-order valence-electron chi connectivity index (χ0n) is 11.8. The molecule has 0 saturated heterocycles. The average molecular weight is 269 g/mol. The van der Waals surface area contributed by atoms with Crippen molar-refractivity contribution >= 4 is 0 Å². The molecule has 0 aromatic heterocycles. The molecular formula is C14H23NO4. The van der Waals surface area contributed by atoms with Gasteiger partial charge in [-0.1, -0.05) is 12.1 Å². The number of ether oxygens (including phenoxy) is 3. The first-order valence-electron chi connectivity index (χ1n) is 6.35. The highest BCUT2D eigenvalue weighted by atomic mass is 16.5. The molecule has 0 fully saturated rings. The first kappa shape index (κ1) is 15.8. The van der Waals surface area contributed by atoms with Crippen molar-refractivity contribution in [2.75, 3.05) is 34.0 Å². The van der Waals surface area contributed by atoms with Crippen LogP contribution in [-0.4, -0.2) is 45.2 Å². The number of rotatable bonds is 9. The molecule has 0 bridgehead atoms. The smallest absolute Gasteiger partial charge is 0.165 e. The summed E-state index contributed by atoms with van der Waals surface area (Å²) in [6, 6.07) is 5.73. The van der Waals surface area contributed by atoms with Gasteiger partial charge in [0.05, 0.1) is 19.8 Å². The molecule has 0 aliphatic heterocycles. The zero-order valence-corrected chi connectivity index (χ0v) is 11.8. The summed E-state index contributed by atoms with van der Waals surface area (Å²) >= 11 is 0. The third-order valence-electron chi connectivity index (χ3n) is 2.55. The second-order valence-electron chi connectivity index (χ2n) is 4.28. The lowest BCUT2D eigenvalue weighted by Crippen LogP contribution is -2.20. The van der Waals surface area contributed by atoms with Gasteiger partial charge in [-0.25, -0.2) is 0 Å². The molecule has 108 valence electrons. The van der Waals surface area contributed by atoms with E-state index in [-0.39, 0.29) is 6.61 Å². The number of aliphatic hydroxyl groups excluding tert-OH is 1. The highest BCUT2D eigenvalue weighted by molar-refractivity contribution is 5.46. The van der Waals surface area contributed by atoms with Gasteiger partial charge in [0.25, 0.3) is 0 Å². The van der Waals surface area contributed by atoms with E-state index in [1.807, 2.05) is 18.2 Å². The molecule has 0 radical (unpaired) electrons. The van der Waals surface area contributed by atoms with Crippen LogP contribution in [-0.2, 0) is 11.3 Å². The summed E-state index contributed by atoms with van der Waals surface area (Å²) in [6.07, 6.45) is -0.515. The molecule has 1 atom stereocenters. The third-order valence-corrected chi connectivity index (χ3v) is 2.55. The van der Waals surface area contributed by atoms with Crippen molar-refractivity contribution in [1.29, 1.82) is 0 Å². The van der Waals surface area contributed by atoms with Crippen LogP contribution in [0.1, 0.15) is 12.5 Å². The summed E-state index contributed by atoms with van der Waals surface area (Å²) in [5.74, 6) is 1.35. The van der Waals surface area contributed by atoms with E-state index in [0.29, 0.717) is 24.7 Å². The SMILES string of the molecule is COCCNCc1cccc(OC)c1OCC(C)O. The second kappa shape index (κ2) is 8.74. The number of para-hydroxylation sites is 1. The van der Waals surface area contributed by atoms with E-state index in [1.165, 1.54) is 0 Å². The third kappa shape index (κ3) is 5.46. The van der Waals surface area contributed by atoms with Gasteiger partial charge < -0.3 is 24.6 Å². The largest absolute Gasteiger partial charge is 0.493 e. The lowest BCUT2D eigenvalue weighted by molar-refractivity contribution is 0.120. The van der Waals surface area contributed by atoms with Crippen molar-refractivity contribution in [3.05, 3.63) is 23.8 Å². The maximum absolute atomic E-state index is 9.32. The Morgan fingerprint density at radius 1 is 1.32 bits per heavy atom. The number of nitrogens with one attached hydrogen (secondary N) is 1. The molecule has 19 heavy (non-hydrogen) atoms. The van der Waals surface area contributed by atoms with E-state index in [2.05, 4.69) is 5.32 Å². The van der Waals surface area contributed by atoms with Crippen LogP contribution in [0.25, 0.3) is 0 Å². The van der Waals surface area contributed by atoms with E-state index in [9.17, 15) is 5.11 Å². The standard InChI is InChI=1S/C14H23NO4/c1-11(16)10-19-14-12(9-15-7-8-17-2)5-4-6-13(14)18-3/h4-6,11,15-16H,7-10H2,1-3H3. The van der Waals surface area contributed by atoms with E-state index in [0.717, 1.165) is 12.1 Å². The Kier molecular flexibility index (Phi) is 7.25. The summed E-state index contributed by atoms with van der Waals surface area (Å²) in [5, 5.41) is 12.6. The van der Waals surface area contributed by atoms with E-state index in [4.69, 9.17) is 14.2 Å². The zero-order chi connectivity index (χ0) is 14.1. The normalized spacial score (nSPS) is 12.2. The molecule has 0 aliphatic rings. The summed E-state index contributed by atoms with van der Waals surface area (Å²) in [7, 11) is 3.27. The minimum Gasteiger partial charge on any atom is -0.493 e. The predicted octanol–water partition coefficient (Wildman–Crippen LogP) is 1.19. The van der Waals surface area contributed by atoms with E-state index >= 15 is 0 Å². The molecule has 2 N–H and O–H groups in total. The van der Waals surface area contributed by atoms with Gasteiger partial charge in [0.15, 0.2) is 11.5 Å². The van der Waals surface area contributed by atoms with Crippen LogP contribution >= 0.6 is 0 Å². The maximum atomic E-state index is 9.32. The van der Waals surface area contributed by atoms with Gasteiger partial charge in [0, 0.05) is 25.8 Å². The quantitative estimate of drug-likeness (QED) is 0.659. The van der Waals surface area contributed by atoms with Crippen LogP contribution in [0, 0.1) is 0 Å². The van der Waals surface area contributed by atoms with Crippen molar-refractivity contribution in [3.8, 4) is 11.5 Å². The number of methoxy groups -OCH3 is 2. The number of aliphatic hydroxyl groups is 1. The van der Waals surface area contributed by atoms with Gasteiger partial charge in [-0.15, -0.1) is 0 Å². The van der Waals surface area contributed by atoms with Crippen LogP contribution in [0.15, 0.2) is 18.2 Å². The molecule has 5 heteroatoms. The summed E-state index contributed by atoms with van der Waals surface area (Å²) in [5.41, 5.74) is 0.996. The second-order valence-corrected chi connectivity index (χ2v) is 4.28. The van der Waals surface area contributed by atoms with Crippen molar-refractivity contribution in [3.63, 3.8) is 0 Å². The fraction of sp³-hybridized carbons (Fsp3) is 0.571. The minimum atomic E-state index is -0.515. The van der Waals surface area contributed by atoms with Crippen LogP contribution in [0.4, 0.5) is 0 Å². The molecular weight excluding hydrogens is 246 g/mol. The summed E-state index contributed by atoms with van der Waals surface area (Å²) < 4.78 is 15.9. The topological polar surface area (TPSA) is 60.0 Å². The molecule has 1 aromatic carbocycles. The van der Waals surface area contributed by atoms with E-state index < -0.39 is 6.10 Å². The van der Waals surface area contributed by atoms with Crippen LogP contribution in [0.3, 0.4) is 0 Å². The lowest BCUT2D eigenvalue weighted by atomic mass is 10.2. The fourth-order valence-electron chi connectivity index (χ4n) is 1.63. The molecule has 5 nitrogen and oxygen atoms in total. The molecule has 0 amide bonds. The van der Waals surface area contributed by atoms with Crippen molar-refractivity contribution in [2.45, 2.75) is 19.6 Å². The van der Waals surface area contributed by atoms with Crippen molar-refractivity contribution in [2.24, 2.45) is 0 Å². The van der Waals surface area contributed by atoms with Crippen molar-refractivity contribution < 1.29 is 19.3 Å². The molecule has 0 spiro atoms. The Balaban J connectivity index is 2.71. The predicted molar refractivity (Wildman–Crippen MR) is 73.8 cm³/mol. The van der Waals surface area contributed by atoms with Crippen molar-refractivity contribution in [1.82, 2.24) is 5.32 Å². The number of hydrogen-bond donors (Lipinski definition) is 2. The Bertz CT molecular complexity index is 368. The van der Waals surface area contributed by atoms with Gasteiger partial charge in [-0.3, -0.25) is 0 Å². The number of benzene rings is 1. The Labute approximate surface area is 114 Å². The number of hydrogen-bond acceptors (Lipinski definition) is 5. The average Bonchev–Trinajstić information content (AvgIpc) is 2.41. The van der Waals surface area contributed by atoms with Gasteiger partial charge in [-0.2, -0.15) is 0 Å². The fourth-order valence-corrected chi connectivity index (χ4v) is 1.63. The van der Waals surface area contributed by atoms with E-state index in [1.54, 1.807) is 21.1 Å².